The lowest BCUT2D eigenvalue weighted by atomic mass is 10.2. The monoisotopic (exact) mass is 305 g/mol. The van der Waals surface area contributed by atoms with Crippen molar-refractivity contribution >= 4 is 23.0 Å². The molecule has 112 valence electrons. The molecule has 1 heterocycles. The predicted molar refractivity (Wildman–Crippen MR) is 85.6 cm³/mol. The van der Waals surface area contributed by atoms with Crippen LogP contribution in [0.2, 0.25) is 0 Å². The lowest BCUT2D eigenvalue weighted by Crippen LogP contribution is -2.21. The molecule has 0 aliphatic rings. The molecule has 0 aliphatic heterocycles. The number of hydrogen-bond donors (Lipinski definition) is 1. The zero-order valence-electron chi connectivity index (χ0n) is 12.2. The van der Waals surface area contributed by atoms with Crippen molar-refractivity contribution in [2.75, 3.05) is 18.0 Å². The summed E-state index contributed by atoms with van der Waals surface area (Å²) in [5, 5.41) is 10.9. The standard InChI is InChI=1S/C16H19NO3S/c1-3-17(4-2)13-6-5-7-14(10-13)20-11-12-8-9-21-15(12)16(18)19/h5-10H,3-4,11H2,1-2H3,(H,18,19). The first-order valence-electron chi connectivity index (χ1n) is 6.93. The lowest BCUT2D eigenvalue weighted by Gasteiger charge is -2.21. The van der Waals surface area contributed by atoms with Crippen molar-refractivity contribution in [3.8, 4) is 5.75 Å². The van der Waals surface area contributed by atoms with Gasteiger partial charge in [-0.05, 0) is 37.4 Å². The summed E-state index contributed by atoms with van der Waals surface area (Å²) in [5.41, 5.74) is 1.82. The molecule has 2 rings (SSSR count). The third-order valence-corrected chi connectivity index (χ3v) is 4.23. The van der Waals surface area contributed by atoms with Gasteiger partial charge in [-0.3, -0.25) is 0 Å². The van der Waals surface area contributed by atoms with Gasteiger partial charge in [0.15, 0.2) is 0 Å². The molecular weight excluding hydrogens is 286 g/mol. The first-order valence-corrected chi connectivity index (χ1v) is 7.81. The summed E-state index contributed by atoms with van der Waals surface area (Å²) in [4.78, 5) is 13.6. The number of thiophene rings is 1. The van der Waals surface area contributed by atoms with E-state index in [0.29, 0.717) is 10.4 Å². The zero-order valence-corrected chi connectivity index (χ0v) is 13.0. The van der Waals surface area contributed by atoms with Crippen LogP contribution in [0.15, 0.2) is 35.7 Å². The Morgan fingerprint density at radius 2 is 2.05 bits per heavy atom. The van der Waals surface area contributed by atoms with Crippen LogP contribution in [-0.4, -0.2) is 24.2 Å². The third-order valence-electron chi connectivity index (χ3n) is 3.28. The number of carboxylic acid groups (broad SMARTS) is 1. The Kier molecular flexibility index (Phi) is 5.22. The molecule has 21 heavy (non-hydrogen) atoms. The lowest BCUT2D eigenvalue weighted by molar-refractivity contribution is 0.0699. The number of anilines is 1. The highest BCUT2D eigenvalue weighted by molar-refractivity contribution is 7.12. The average Bonchev–Trinajstić information content (AvgIpc) is 2.95. The number of benzene rings is 1. The van der Waals surface area contributed by atoms with Crippen LogP contribution < -0.4 is 9.64 Å². The van der Waals surface area contributed by atoms with Gasteiger partial charge in [0, 0.05) is 30.4 Å². The van der Waals surface area contributed by atoms with Crippen molar-refractivity contribution in [2.24, 2.45) is 0 Å². The fourth-order valence-corrected chi connectivity index (χ4v) is 2.90. The van der Waals surface area contributed by atoms with Crippen LogP contribution in [0.3, 0.4) is 0 Å². The molecule has 0 spiro atoms. The average molecular weight is 305 g/mol. The number of ether oxygens (including phenoxy) is 1. The Hall–Kier alpha value is -2.01. The van der Waals surface area contributed by atoms with Gasteiger partial charge in [0.1, 0.15) is 17.2 Å². The van der Waals surface area contributed by atoms with E-state index in [0.717, 1.165) is 24.5 Å². The minimum atomic E-state index is -0.902. The molecule has 0 fully saturated rings. The van der Waals surface area contributed by atoms with E-state index >= 15 is 0 Å². The van der Waals surface area contributed by atoms with Gasteiger partial charge in [0.05, 0.1) is 0 Å². The van der Waals surface area contributed by atoms with Crippen molar-refractivity contribution in [3.63, 3.8) is 0 Å². The van der Waals surface area contributed by atoms with Crippen molar-refractivity contribution < 1.29 is 14.6 Å². The second-order valence-electron chi connectivity index (χ2n) is 4.54. The van der Waals surface area contributed by atoms with Gasteiger partial charge in [0.2, 0.25) is 0 Å². The van der Waals surface area contributed by atoms with Crippen LogP contribution in [0.1, 0.15) is 29.1 Å². The summed E-state index contributed by atoms with van der Waals surface area (Å²) in [6.07, 6.45) is 0. The molecule has 0 bridgehead atoms. The number of nitrogens with zero attached hydrogens (tertiary/aromatic N) is 1. The van der Waals surface area contributed by atoms with Crippen LogP contribution in [0.4, 0.5) is 5.69 Å². The first kappa shape index (κ1) is 15.4. The van der Waals surface area contributed by atoms with Gasteiger partial charge in [-0.2, -0.15) is 0 Å². The Bertz CT molecular complexity index is 605. The smallest absolute Gasteiger partial charge is 0.346 e. The van der Waals surface area contributed by atoms with Gasteiger partial charge in [0.25, 0.3) is 0 Å². The molecule has 1 aromatic carbocycles. The minimum Gasteiger partial charge on any atom is -0.489 e. The number of carboxylic acids is 1. The Morgan fingerprint density at radius 1 is 1.29 bits per heavy atom. The Labute approximate surface area is 128 Å². The molecule has 1 aromatic heterocycles. The number of aromatic carboxylic acids is 1. The predicted octanol–water partition coefficient (Wildman–Crippen LogP) is 3.87. The quantitative estimate of drug-likeness (QED) is 0.843. The molecule has 0 amide bonds. The Morgan fingerprint density at radius 3 is 2.71 bits per heavy atom. The van der Waals surface area contributed by atoms with E-state index < -0.39 is 5.97 Å². The maximum Gasteiger partial charge on any atom is 0.346 e. The summed E-state index contributed by atoms with van der Waals surface area (Å²) < 4.78 is 5.74. The summed E-state index contributed by atoms with van der Waals surface area (Å²) in [6, 6.07) is 9.67. The topological polar surface area (TPSA) is 49.8 Å². The number of carbonyl (C=O) groups is 1. The molecule has 0 unspecified atom stereocenters. The van der Waals surface area contributed by atoms with Crippen LogP contribution in [0.25, 0.3) is 0 Å². The van der Waals surface area contributed by atoms with E-state index in [1.165, 1.54) is 11.3 Å². The van der Waals surface area contributed by atoms with Crippen molar-refractivity contribution in [1.29, 1.82) is 0 Å². The zero-order chi connectivity index (χ0) is 15.2. The van der Waals surface area contributed by atoms with Gasteiger partial charge in [-0.1, -0.05) is 6.07 Å². The van der Waals surface area contributed by atoms with E-state index in [1.54, 1.807) is 11.4 Å². The van der Waals surface area contributed by atoms with Crippen molar-refractivity contribution in [3.05, 3.63) is 46.2 Å². The fourth-order valence-electron chi connectivity index (χ4n) is 2.16. The van der Waals surface area contributed by atoms with Gasteiger partial charge >= 0.3 is 5.97 Å². The van der Waals surface area contributed by atoms with E-state index in [4.69, 9.17) is 9.84 Å². The highest BCUT2D eigenvalue weighted by Crippen LogP contribution is 2.23. The summed E-state index contributed by atoms with van der Waals surface area (Å²) in [5.74, 6) is -0.151. The molecule has 0 atom stereocenters. The minimum absolute atomic E-state index is 0.271. The van der Waals surface area contributed by atoms with Crippen LogP contribution >= 0.6 is 11.3 Å². The molecule has 0 aliphatic carbocycles. The van der Waals surface area contributed by atoms with Crippen LogP contribution in [0, 0.1) is 0 Å². The molecule has 0 saturated heterocycles. The first-order chi connectivity index (χ1) is 10.2. The number of hydrogen-bond acceptors (Lipinski definition) is 4. The maximum atomic E-state index is 11.1. The SMILES string of the molecule is CCN(CC)c1cccc(OCc2ccsc2C(=O)O)c1. The molecule has 4 nitrogen and oxygen atoms in total. The van der Waals surface area contributed by atoms with E-state index in [2.05, 4.69) is 18.7 Å². The summed E-state index contributed by atoms with van der Waals surface area (Å²) >= 11 is 1.22. The highest BCUT2D eigenvalue weighted by atomic mass is 32.1. The molecular formula is C16H19NO3S. The summed E-state index contributed by atoms with van der Waals surface area (Å²) in [6.45, 7) is 6.37. The molecule has 1 N–H and O–H groups in total. The third kappa shape index (κ3) is 3.76. The maximum absolute atomic E-state index is 11.1. The second kappa shape index (κ2) is 7.13. The fraction of sp³-hybridized carbons (Fsp3) is 0.312. The normalized spacial score (nSPS) is 10.4. The molecule has 0 saturated carbocycles. The summed E-state index contributed by atoms with van der Waals surface area (Å²) in [7, 11) is 0. The van der Waals surface area contributed by atoms with E-state index in [1.807, 2.05) is 24.3 Å². The van der Waals surface area contributed by atoms with Crippen LogP contribution in [0.5, 0.6) is 5.75 Å². The van der Waals surface area contributed by atoms with Crippen molar-refractivity contribution in [1.82, 2.24) is 0 Å². The largest absolute Gasteiger partial charge is 0.489 e. The number of rotatable bonds is 7. The van der Waals surface area contributed by atoms with E-state index in [-0.39, 0.29) is 6.61 Å². The molecule has 0 radical (unpaired) electrons. The molecule has 5 heteroatoms. The second-order valence-corrected chi connectivity index (χ2v) is 5.45. The van der Waals surface area contributed by atoms with Crippen LogP contribution in [-0.2, 0) is 6.61 Å². The molecule has 2 aromatic rings. The van der Waals surface area contributed by atoms with Gasteiger partial charge < -0.3 is 14.7 Å². The Balaban J connectivity index is 2.08. The van der Waals surface area contributed by atoms with E-state index in [9.17, 15) is 4.79 Å². The van der Waals surface area contributed by atoms with Gasteiger partial charge in [-0.25, -0.2) is 4.79 Å². The van der Waals surface area contributed by atoms with Crippen molar-refractivity contribution in [2.45, 2.75) is 20.5 Å². The highest BCUT2D eigenvalue weighted by Gasteiger charge is 2.12. The van der Waals surface area contributed by atoms with Gasteiger partial charge in [-0.15, -0.1) is 11.3 Å².